The molecule has 3 aliphatic heterocycles. The molecule has 15 atom stereocenters. The second kappa shape index (κ2) is 26.5. The summed E-state index contributed by atoms with van der Waals surface area (Å²) in [4.78, 5) is 72.2. The summed E-state index contributed by atoms with van der Waals surface area (Å²) in [6, 6.07) is -1.16. The number of fused-ring (bicyclic) bond motifs is 3. The molecule has 0 spiro atoms. The number of Topliss-reactive ketones (excluding diaryl/α,β-unsaturated/α-hetero) is 3. The molecule has 1 amide bonds. The van der Waals surface area contributed by atoms with Gasteiger partial charge in [0.2, 0.25) is 5.79 Å². The molecule has 15 nitrogen and oxygen atoms in total. The first kappa shape index (κ1) is 58.4. The average molecular weight is 990 g/mol. The van der Waals surface area contributed by atoms with Crippen molar-refractivity contribution in [2.45, 2.75) is 180 Å². The van der Waals surface area contributed by atoms with Crippen LogP contribution in [0.2, 0.25) is 0 Å². The summed E-state index contributed by atoms with van der Waals surface area (Å²) >= 11 is 0. The highest BCUT2D eigenvalue weighted by Gasteiger charge is 2.53. The molecule has 5 unspecified atom stereocenters. The minimum Gasteiger partial charge on any atom is -0.460 e. The number of rotatable bonds is 8. The number of ketones is 3. The van der Waals surface area contributed by atoms with Crippen molar-refractivity contribution < 1.29 is 67.0 Å². The summed E-state index contributed by atoms with van der Waals surface area (Å²) in [5.74, 6) is -8.08. The van der Waals surface area contributed by atoms with Crippen LogP contribution >= 0.6 is 7.37 Å². The molecule has 1 saturated carbocycles. The summed E-state index contributed by atoms with van der Waals surface area (Å²) in [6.45, 7) is 15.9. The SMILES string of the molecule is CO[C@H]1C[C@@H]2CC[C@@H](C)C(O)(O2)C(=O)C(=O)N2CCCCC2C(=O)OC([C@H](C)CC2CC[C@@H](OP(C)(C)=O)[C@H](OC)C2)CC(=O)/C(C)=C/C(C)[C@@H](O)[C@@H](OC)C(=O)[C@H](C)C[C@H](C)C=CC=CC=C1C. The van der Waals surface area contributed by atoms with Gasteiger partial charge in [0.05, 0.1) is 30.5 Å². The van der Waals surface area contributed by atoms with Gasteiger partial charge in [0.1, 0.15) is 18.2 Å². The summed E-state index contributed by atoms with van der Waals surface area (Å²) in [5, 5.41) is 23.5. The van der Waals surface area contributed by atoms with Crippen LogP contribution in [0.1, 0.15) is 126 Å². The third-order valence-corrected chi connectivity index (χ3v) is 15.6. The molecule has 390 valence electrons. The maximum absolute atomic E-state index is 14.5. The molecular weight excluding hydrogens is 906 g/mol. The average Bonchev–Trinajstić information content (AvgIpc) is 3.30. The lowest BCUT2D eigenvalue weighted by Gasteiger charge is -2.42. The van der Waals surface area contributed by atoms with Gasteiger partial charge in [-0.15, -0.1) is 0 Å². The van der Waals surface area contributed by atoms with Crippen LogP contribution in [0, 0.1) is 35.5 Å². The van der Waals surface area contributed by atoms with Crippen LogP contribution in [0.25, 0.3) is 0 Å². The summed E-state index contributed by atoms with van der Waals surface area (Å²) < 4.78 is 48.2. The second-order valence-electron chi connectivity index (χ2n) is 20.9. The Kier molecular flexibility index (Phi) is 22.5. The van der Waals surface area contributed by atoms with E-state index in [1.807, 2.05) is 58.1 Å². The van der Waals surface area contributed by atoms with Crippen LogP contribution in [-0.2, 0) is 56.7 Å². The monoisotopic (exact) mass is 990 g/mol. The third kappa shape index (κ3) is 16.2. The fourth-order valence-electron chi connectivity index (χ4n) is 10.6. The minimum atomic E-state index is -2.79. The number of amides is 1. The van der Waals surface area contributed by atoms with E-state index in [9.17, 15) is 38.8 Å². The molecule has 69 heavy (non-hydrogen) atoms. The van der Waals surface area contributed by atoms with Gasteiger partial charge in [-0.2, -0.15) is 0 Å². The maximum atomic E-state index is 14.5. The molecule has 3 heterocycles. The number of aliphatic hydroxyl groups excluding tert-OH is 1. The van der Waals surface area contributed by atoms with Gasteiger partial charge in [0.25, 0.3) is 11.7 Å². The predicted molar refractivity (Wildman–Crippen MR) is 263 cm³/mol. The first-order valence-corrected chi connectivity index (χ1v) is 27.7. The molecule has 2 saturated heterocycles. The van der Waals surface area contributed by atoms with E-state index < -0.39 is 85.1 Å². The number of piperidine rings is 1. The molecule has 1 aliphatic carbocycles. The molecule has 4 rings (SSSR count). The molecule has 0 radical (unpaired) electrons. The quantitative estimate of drug-likeness (QED) is 0.136. The van der Waals surface area contributed by atoms with Crippen LogP contribution in [0.15, 0.2) is 47.6 Å². The lowest BCUT2D eigenvalue weighted by atomic mass is 9.78. The van der Waals surface area contributed by atoms with Crippen molar-refractivity contribution in [3.05, 3.63) is 47.6 Å². The number of carbonyl (C=O) groups excluding carboxylic acids is 5. The van der Waals surface area contributed by atoms with Gasteiger partial charge in [-0.05, 0) is 107 Å². The maximum Gasteiger partial charge on any atom is 0.329 e. The number of aliphatic hydroxyl groups is 2. The number of ether oxygens (including phenoxy) is 5. The van der Waals surface area contributed by atoms with Gasteiger partial charge >= 0.3 is 5.97 Å². The number of methoxy groups -OCH3 is 3. The van der Waals surface area contributed by atoms with Crippen molar-refractivity contribution in [1.29, 1.82) is 0 Å². The molecule has 3 fully saturated rings. The second-order valence-corrected chi connectivity index (χ2v) is 23.6. The molecule has 4 aliphatic rings. The van der Waals surface area contributed by atoms with E-state index in [2.05, 4.69) is 0 Å². The standard InChI is InChI=1S/C53H84NO14P/c1-32-18-14-13-15-19-33(2)44(63-8)30-40-23-21-38(7)53(61,67-40)50(58)51(59)54-25-17-16-20-41(54)52(60)66-45(35(4)28-39-22-24-43(46(29-39)64-9)68-69(11,12)62)31-42(55)34(3)27-37(6)48(57)49(65-10)47(56)36(5)26-32/h13-15,18-19,27,32,35-41,43-46,48-49,57,61H,16-17,20-26,28-31H2,1-12H3/b15-13?,18-14?,33-19?,34-27+/t32-,35-,36-,37?,38-,39?,40+,41?,43-,44+,45?,46-,48-,49+,53?/m1/s1. The number of cyclic esters (lactones) is 1. The van der Waals surface area contributed by atoms with Crippen molar-refractivity contribution in [2.75, 3.05) is 41.2 Å². The van der Waals surface area contributed by atoms with Crippen LogP contribution in [-0.4, -0.2) is 140 Å². The number of hydrogen-bond donors (Lipinski definition) is 2. The molecule has 0 aromatic heterocycles. The van der Waals surface area contributed by atoms with Crippen molar-refractivity contribution in [1.82, 2.24) is 4.90 Å². The molecular formula is C53H84NO14P. The van der Waals surface area contributed by atoms with E-state index in [0.717, 1.165) is 12.0 Å². The molecule has 0 aromatic carbocycles. The van der Waals surface area contributed by atoms with Crippen LogP contribution in [0.5, 0.6) is 0 Å². The van der Waals surface area contributed by atoms with Gasteiger partial charge in [0.15, 0.2) is 18.9 Å². The Bertz CT molecular complexity index is 1940. The van der Waals surface area contributed by atoms with Crippen LogP contribution in [0.3, 0.4) is 0 Å². The van der Waals surface area contributed by atoms with Gasteiger partial charge < -0.3 is 43.3 Å². The van der Waals surface area contributed by atoms with Gasteiger partial charge in [-0.1, -0.05) is 71.1 Å². The lowest BCUT2D eigenvalue weighted by molar-refractivity contribution is -0.265. The minimum absolute atomic E-state index is 0.0144. The zero-order valence-electron chi connectivity index (χ0n) is 43.4. The highest BCUT2D eigenvalue weighted by atomic mass is 31.2. The Morgan fingerprint density at radius 1 is 0.870 bits per heavy atom. The van der Waals surface area contributed by atoms with E-state index in [4.69, 9.17) is 28.2 Å². The van der Waals surface area contributed by atoms with Crippen molar-refractivity contribution >= 4 is 36.6 Å². The molecule has 16 heteroatoms. The first-order valence-electron chi connectivity index (χ1n) is 25.2. The molecule has 2 N–H and O–H groups in total. The van der Waals surface area contributed by atoms with E-state index in [1.54, 1.807) is 54.4 Å². The zero-order valence-corrected chi connectivity index (χ0v) is 44.3. The van der Waals surface area contributed by atoms with Crippen molar-refractivity contribution in [3.8, 4) is 0 Å². The van der Waals surface area contributed by atoms with E-state index >= 15 is 0 Å². The largest absolute Gasteiger partial charge is 0.460 e. The van der Waals surface area contributed by atoms with Crippen LogP contribution < -0.4 is 0 Å². The Hall–Kier alpha value is -3.14. The van der Waals surface area contributed by atoms with Crippen molar-refractivity contribution in [2.24, 2.45) is 35.5 Å². The Morgan fingerprint density at radius 2 is 1.58 bits per heavy atom. The van der Waals surface area contributed by atoms with Crippen LogP contribution in [0.4, 0.5) is 0 Å². The van der Waals surface area contributed by atoms with E-state index in [1.165, 1.54) is 12.0 Å². The molecule has 2 bridgehead atoms. The Morgan fingerprint density at radius 3 is 2.23 bits per heavy atom. The normalized spacial score (nSPS) is 37.3. The summed E-state index contributed by atoms with van der Waals surface area (Å²) in [7, 11) is 1.76. The smallest absolute Gasteiger partial charge is 0.329 e. The van der Waals surface area contributed by atoms with Gasteiger partial charge in [-0.3, -0.25) is 23.7 Å². The highest BCUT2D eigenvalue weighted by molar-refractivity contribution is 7.57. The number of nitrogens with zero attached hydrogens (tertiary/aromatic N) is 1. The molecule has 0 aromatic rings. The number of allylic oxidation sites excluding steroid dienone is 6. The summed E-state index contributed by atoms with van der Waals surface area (Å²) in [5.41, 5.74) is 1.18. The number of carbonyl (C=O) groups is 5. The summed E-state index contributed by atoms with van der Waals surface area (Å²) in [6.07, 6.45) is 11.4. The van der Waals surface area contributed by atoms with E-state index in [-0.39, 0.29) is 60.9 Å². The number of hydrogen-bond acceptors (Lipinski definition) is 14. The zero-order chi connectivity index (χ0) is 51.4. The number of esters is 1. The fraction of sp³-hybridized carbons (Fsp3) is 0.755. The van der Waals surface area contributed by atoms with Crippen molar-refractivity contribution in [3.63, 3.8) is 0 Å². The lowest BCUT2D eigenvalue weighted by Crippen LogP contribution is -2.61. The topological polar surface area (TPSA) is 201 Å². The van der Waals surface area contributed by atoms with Gasteiger partial charge in [-0.25, -0.2) is 4.79 Å². The van der Waals surface area contributed by atoms with E-state index in [0.29, 0.717) is 63.4 Å². The fourth-order valence-corrected chi connectivity index (χ4v) is 11.5. The highest BCUT2D eigenvalue weighted by Crippen LogP contribution is 2.45. The Balaban J connectivity index is 1.70. The van der Waals surface area contributed by atoms with Gasteiger partial charge in [0, 0.05) is 71.8 Å². The predicted octanol–water partition coefficient (Wildman–Crippen LogP) is 7.74. The Labute approximate surface area is 411 Å². The first-order chi connectivity index (χ1) is 32.4. The third-order valence-electron chi connectivity index (χ3n) is 14.9.